The van der Waals surface area contributed by atoms with Gasteiger partial charge in [0.2, 0.25) is 5.82 Å². The molecule has 2 aromatic carbocycles. The van der Waals surface area contributed by atoms with Crippen LogP contribution in [0.3, 0.4) is 0 Å². The molecule has 28 heavy (non-hydrogen) atoms. The Morgan fingerprint density at radius 1 is 1.00 bits per heavy atom. The van der Waals surface area contributed by atoms with Crippen molar-refractivity contribution < 1.29 is 13.6 Å². The molecule has 7 heteroatoms. The van der Waals surface area contributed by atoms with Gasteiger partial charge in [-0.05, 0) is 29.8 Å². The van der Waals surface area contributed by atoms with Crippen LogP contribution in [0.15, 0.2) is 82.6 Å². The lowest BCUT2D eigenvalue weighted by molar-refractivity contribution is 0.101. The van der Waals surface area contributed by atoms with Gasteiger partial charge in [0.1, 0.15) is 5.82 Å². The smallest absolute Gasteiger partial charge is 0.200 e. The Hall–Kier alpha value is -3.19. The number of hydrogen-bond acceptors (Lipinski definition) is 5. The minimum atomic E-state index is -0.518. The zero-order chi connectivity index (χ0) is 19.3. The normalized spacial score (nSPS) is 10.9. The summed E-state index contributed by atoms with van der Waals surface area (Å²) in [6.45, 7) is 0.528. The Bertz CT molecular complexity index is 1080. The highest BCUT2D eigenvalue weighted by atomic mass is 32.2. The van der Waals surface area contributed by atoms with Gasteiger partial charge in [-0.1, -0.05) is 54.2 Å². The predicted molar refractivity (Wildman–Crippen MR) is 105 cm³/mol. The molecular formula is C21H16FN3O2S. The van der Waals surface area contributed by atoms with Crippen molar-refractivity contribution in [1.29, 1.82) is 0 Å². The van der Waals surface area contributed by atoms with Gasteiger partial charge in [0.05, 0.1) is 24.1 Å². The van der Waals surface area contributed by atoms with E-state index >= 15 is 0 Å². The molecule has 0 fully saturated rings. The zero-order valence-electron chi connectivity index (χ0n) is 14.8. The molecule has 0 atom stereocenters. The number of ketones is 1. The highest BCUT2D eigenvalue weighted by Gasteiger charge is 2.19. The average molecular weight is 393 g/mol. The first kappa shape index (κ1) is 18.2. The van der Waals surface area contributed by atoms with E-state index in [9.17, 15) is 9.18 Å². The van der Waals surface area contributed by atoms with Gasteiger partial charge in [-0.3, -0.25) is 9.36 Å². The van der Waals surface area contributed by atoms with E-state index in [4.69, 9.17) is 4.42 Å². The number of halogens is 1. The molecule has 0 saturated heterocycles. The Morgan fingerprint density at radius 3 is 2.54 bits per heavy atom. The van der Waals surface area contributed by atoms with Gasteiger partial charge >= 0.3 is 0 Å². The van der Waals surface area contributed by atoms with Gasteiger partial charge in [-0.25, -0.2) is 4.39 Å². The third-order valence-electron chi connectivity index (χ3n) is 4.15. The lowest BCUT2D eigenvalue weighted by atomic mass is 10.1. The Balaban J connectivity index is 1.60. The molecule has 2 aromatic heterocycles. The van der Waals surface area contributed by atoms with Gasteiger partial charge in [-0.2, -0.15) is 0 Å². The minimum absolute atomic E-state index is 0.0615. The van der Waals surface area contributed by atoms with Crippen molar-refractivity contribution in [1.82, 2.24) is 14.8 Å². The van der Waals surface area contributed by atoms with Crippen LogP contribution in [-0.4, -0.2) is 26.3 Å². The molecule has 0 aliphatic heterocycles. The first-order chi connectivity index (χ1) is 13.7. The maximum absolute atomic E-state index is 13.8. The molecular weight excluding hydrogens is 377 g/mol. The standard InChI is InChI=1S/C21H16FN3O2S/c22-17-10-5-4-9-16(17)18(26)14-28-21-24-23-20(19-11-6-12-27-19)25(21)13-15-7-2-1-3-8-15/h1-12H,13-14H2. The number of thioether (sulfide) groups is 1. The van der Waals surface area contributed by atoms with Gasteiger partial charge in [0.25, 0.3) is 0 Å². The number of rotatable bonds is 7. The molecule has 0 radical (unpaired) electrons. The molecule has 4 rings (SSSR count). The van der Waals surface area contributed by atoms with E-state index in [1.165, 1.54) is 23.9 Å². The van der Waals surface area contributed by atoms with Crippen molar-refractivity contribution in [3.8, 4) is 11.6 Å². The number of furan rings is 1. The largest absolute Gasteiger partial charge is 0.461 e. The van der Waals surface area contributed by atoms with Crippen LogP contribution in [0.25, 0.3) is 11.6 Å². The highest BCUT2D eigenvalue weighted by Crippen LogP contribution is 2.26. The van der Waals surface area contributed by atoms with Gasteiger partial charge in [-0.15, -0.1) is 10.2 Å². The first-order valence-electron chi connectivity index (χ1n) is 8.64. The van der Waals surface area contributed by atoms with Crippen LogP contribution in [0.4, 0.5) is 4.39 Å². The van der Waals surface area contributed by atoms with E-state index in [1.54, 1.807) is 24.5 Å². The fourth-order valence-corrected chi connectivity index (χ4v) is 3.61. The first-order valence-corrected chi connectivity index (χ1v) is 9.62. The van der Waals surface area contributed by atoms with Crippen LogP contribution in [0.2, 0.25) is 0 Å². The summed E-state index contributed by atoms with van der Waals surface area (Å²) in [4.78, 5) is 12.4. The van der Waals surface area contributed by atoms with Crippen molar-refractivity contribution in [2.75, 3.05) is 5.75 Å². The summed E-state index contributed by atoms with van der Waals surface area (Å²) in [6, 6.07) is 19.4. The van der Waals surface area contributed by atoms with Gasteiger partial charge in [0, 0.05) is 0 Å². The number of hydrogen-bond donors (Lipinski definition) is 0. The van der Waals surface area contributed by atoms with Gasteiger partial charge < -0.3 is 4.42 Å². The molecule has 4 aromatic rings. The molecule has 0 saturated carbocycles. The molecule has 140 valence electrons. The molecule has 0 unspecified atom stereocenters. The van der Waals surface area contributed by atoms with Crippen molar-refractivity contribution in [3.05, 3.63) is 89.9 Å². The fraction of sp³-hybridized carbons (Fsp3) is 0.0952. The van der Waals surface area contributed by atoms with Crippen LogP contribution in [0.1, 0.15) is 15.9 Å². The molecule has 5 nitrogen and oxygen atoms in total. The van der Waals surface area contributed by atoms with Crippen molar-refractivity contribution in [2.45, 2.75) is 11.7 Å². The summed E-state index contributed by atoms with van der Waals surface area (Å²) in [6.07, 6.45) is 1.57. The van der Waals surface area contributed by atoms with Crippen molar-refractivity contribution in [2.24, 2.45) is 0 Å². The van der Waals surface area contributed by atoms with E-state index in [-0.39, 0.29) is 17.1 Å². The quantitative estimate of drug-likeness (QED) is 0.336. The van der Waals surface area contributed by atoms with Crippen LogP contribution in [-0.2, 0) is 6.54 Å². The SMILES string of the molecule is O=C(CSc1nnc(-c2ccco2)n1Cc1ccccc1)c1ccccc1F. The molecule has 0 aliphatic rings. The second kappa shape index (κ2) is 8.22. The second-order valence-electron chi connectivity index (χ2n) is 6.05. The Morgan fingerprint density at radius 2 is 1.79 bits per heavy atom. The van der Waals surface area contributed by atoms with Crippen LogP contribution < -0.4 is 0 Å². The molecule has 0 amide bonds. The minimum Gasteiger partial charge on any atom is -0.461 e. The van der Waals surface area contributed by atoms with Crippen LogP contribution in [0, 0.1) is 5.82 Å². The maximum Gasteiger partial charge on any atom is 0.200 e. The average Bonchev–Trinajstić information content (AvgIpc) is 3.37. The number of Topliss-reactive ketones (excluding diaryl/α,β-unsaturated/α-hetero) is 1. The molecule has 0 bridgehead atoms. The fourth-order valence-electron chi connectivity index (χ4n) is 2.79. The van der Waals surface area contributed by atoms with Crippen LogP contribution in [0.5, 0.6) is 0 Å². The second-order valence-corrected chi connectivity index (χ2v) is 6.99. The highest BCUT2D eigenvalue weighted by molar-refractivity contribution is 7.99. The monoisotopic (exact) mass is 393 g/mol. The number of carbonyl (C=O) groups excluding carboxylic acids is 1. The van der Waals surface area contributed by atoms with E-state index in [2.05, 4.69) is 10.2 Å². The summed E-state index contributed by atoms with van der Waals surface area (Å²) in [5.41, 5.74) is 1.15. The lowest BCUT2D eigenvalue weighted by Gasteiger charge is -2.09. The summed E-state index contributed by atoms with van der Waals surface area (Å²) >= 11 is 1.23. The lowest BCUT2D eigenvalue weighted by Crippen LogP contribution is -2.08. The number of carbonyl (C=O) groups is 1. The Kier molecular flexibility index (Phi) is 5.34. The Labute approximate surface area is 165 Å². The molecule has 2 heterocycles. The van der Waals surface area contributed by atoms with E-state index in [0.29, 0.717) is 23.3 Å². The maximum atomic E-state index is 13.8. The van der Waals surface area contributed by atoms with Crippen molar-refractivity contribution >= 4 is 17.5 Å². The van der Waals surface area contributed by atoms with Crippen LogP contribution >= 0.6 is 11.8 Å². The third kappa shape index (κ3) is 3.89. The number of aromatic nitrogens is 3. The topological polar surface area (TPSA) is 60.9 Å². The third-order valence-corrected chi connectivity index (χ3v) is 5.12. The summed E-state index contributed by atoms with van der Waals surface area (Å²) < 4.78 is 21.2. The van der Waals surface area contributed by atoms with E-state index in [0.717, 1.165) is 5.56 Å². The summed E-state index contributed by atoms with van der Waals surface area (Å²) in [7, 11) is 0. The zero-order valence-corrected chi connectivity index (χ0v) is 15.6. The molecule has 0 spiro atoms. The molecule has 0 N–H and O–H groups in total. The van der Waals surface area contributed by atoms with E-state index in [1.807, 2.05) is 41.0 Å². The van der Waals surface area contributed by atoms with Gasteiger partial charge in [0.15, 0.2) is 16.7 Å². The molecule has 0 aliphatic carbocycles. The summed E-state index contributed by atoms with van der Waals surface area (Å²) in [5.74, 6) is 0.420. The van der Waals surface area contributed by atoms with E-state index < -0.39 is 5.82 Å². The number of benzene rings is 2. The number of nitrogens with zero attached hydrogens (tertiary/aromatic N) is 3. The van der Waals surface area contributed by atoms with Crippen molar-refractivity contribution in [3.63, 3.8) is 0 Å². The predicted octanol–water partition coefficient (Wildman–Crippen LogP) is 4.70. The summed E-state index contributed by atoms with van der Waals surface area (Å²) in [5, 5.41) is 9.03.